The van der Waals surface area contributed by atoms with Crippen molar-refractivity contribution in [3.8, 4) is 0 Å². The number of hydrogen-bond acceptors (Lipinski definition) is 1. The quantitative estimate of drug-likeness (QED) is 0.687. The van der Waals surface area contributed by atoms with Gasteiger partial charge in [-0.2, -0.15) is 0 Å². The molecule has 0 atom stereocenters. The van der Waals surface area contributed by atoms with E-state index in [0.29, 0.717) is 0 Å². The van der Waals surface area contributed by atoms with Gasteiger partial charge in [0.1, 0.15) is 0 Å². The minimum atomic E-state index is 0.246. The summed E-state index contributed by atoms with van der Waals surface area (Å²) in [7, 11) is 0. The van der Waals surface area contributed by atoms with Crippen LogP contribution in [-0.4, -0.2) is 6.54 Å². The van der Waals surface area contributed by atoms with Crippen LogP contribution in [0.2, 0.25) is 5.02 Å². The Morgan fingerprint density at radius 1 is 1.36 bits per heavy atom. The molecule has 2 heteroatoms. The number of hydrogen-bond donors (Lipinski definition) is 1. The monoisotopic (exact) mass is 209 g/mol. The van der Waals surface area contributed by atoms with Gasteiger partial charge in [-0.25, -0.2) is 0 Å². The zero-order valence-electron chi connectivity index (χ0n) is 8.95. The maximum atomic E-state index is 6.18. The fourth-order valence-corrected chi connectivity index (χ4v) is 2.58. The molecule has 2 rings (SSSR count). The van der Waals surface area contributed by atoms with Crippen molar-refractivity contribution < 1.29 is 0 Å². The zero-order valence-corrected chi connectivity index (χ0v) is 9.70. The van der Waals surface area contributed by atoms with Gasteiger partial charge in [-0.15, -0.1) is 0 Å². The van der Waals surface area contributed by atoms with Crippen LogP contribution >= 0.6 is 11.6 Å². The minimum absolute atomic E-state index is 0.246. The molecule has 1 nitrogen and oxygen atoms in total. The highest BCUT2D eigenvalue weighted by Crippen LogP contribution is 2.42. The highest BCUT2D eigenvalue weighted by molar-refractivity contribution is 6.33. The van der Waals surface area contributed by atoms with E-state index in [1.165, 1.54) is 17.5 Å². The smallest absolute Gasteiger partial charge is 0.0640 e. The second-order valence-corrected chi connectivity index (χ2v) is 5.08. The Morgan fingerprint density at radius 2 is 2.07 bits per heavy atom. The molecule has 14 heavy (non-hydrogen) atoms. The van der Waals surface area contributed by atoms with E-state index in [2.05, 4.69) is 32.2 Å². The fraction of sp³-hybridized carbons (Fsp3) is 0.500. The predicted molar refractivity (Wildman–Crippen MR) is 62.3 cm³/mol. The lowest BCUT2D eigenvalue weighted by Crippen LogP contribution is -2.29. The van der Waals surface area contributed by atoms with Crippen LogP contribution in [0.3, 0.4) is 0 Å². The van der Waals surface area contributed by atoms with E-state index in [-0.39, 0.29) is 5.41 Å². The first-order chi connectivity index (χ1) is 6.52. The number of rotatable bonds is 0. The Bertz CT molecular complexity index is 369. The Labute approximate surface area is 90.5 Å². The molecule has 76 valence electrons. The molecule has 0 aromatic heterocycles. The average Bonchev–Trinajstić information content (AvgIpc) is 2.10. The summed E-state index contributed by atoms with van der Waals surface area (Å²) in [5.41, 5.74) is 4.11. The van der Waals surface area contributed by atoms with Crippen molar-refractivity contribution >= 4 is 17.3 Å². The van der Waals surface area contributed by atoms with Crippen LogP contribution in [0.5, 0.6) is 0 Å². The summed E-state index contributed by atoms with van der Waals surface area (Å²) < 4.78 is 0. The predicted octanol–water partition coefficient (Wildman–Crippen LogP) is 3.74. The van der Waals surface area contributed by atoms with Gasteiger partial charge in [0.2, 0.25) is 0 Å². The largest absolute Gasteiger partial charge is 0.384 e. The Kier molecular flexibility index (Phi) is 2.23. The molecule has 0 radical (unpaired) electrons. The first-order valence-electron chi connectivity index (χ1n) is 5.06. The number of nitrogens with one attached hydrogen (secondary N) is 1. The molecule has 1 aliphatic heterocycles. The van der Waals surface area contributed by atoms with Crippen molar-refractivity contribution in [1.29, 1.82) is 0 Å². The van der Waals surface area contributed by atoms with Gasteiger partial charge in [-0.3, -0.25) is 0 Å². The molecule has 1 heterocycles. The Morgan fingerprint density at radius 3 is 2.71 bits per heavy atom. The van der Waals surface area contributed by atoms with Crippen LogP contribution < -0.4 is 5.32 Å². The van der Waals surface area contributed by atoms with Gasteiger partial charge in [0, 0.05) is 6.54 Å². The second kappa shape index (κ2) is 3.16. The molecule has 1 aromatic rings. The molecule has 0 saturated carbocycles. The van der Waals surface area contributed by atoms with Crippen molar-refractivity contribution in [2.24, 2.45) is 0 Å². The first kappa shape index (κ1) is 9.85. The van der Waals surface area contributed by atoms with E-state index in [4.69, 9.17) is 11.6 Å². The summed E-state index contributed by atoms with van der Waals surface area (Å²) >= 11 is 6.18. The minimum Gasteiger partial charge on any atom is -0.384 e. The number of anilines is 1. The van der Waals surface area contributed by atoms with Crippen molar-refractivity contribution in [2.45, 2.75) is 32.6 Å². The van der Waals surface area contributed by atoms with Crippen molar-refractivity contribution in [3.63, 3.8) is 0 Å². The van der Waals surface area contributed by atoms with Gasteiger partial charge in [-0.05, 0) is 36.0 Å². The number of halogens is 1. The summed E-state index contributed by atoms with van der Waals surface area (Å²) in [4.78, 5) is 0. The molecular weight excluding hydrogens is 194 g/mol. The van der Waals surface area contributed by atoms with Crippen LogP contribution in [-0.2, 0) is 5.41 Å². The summed E-state index contributed by atoms with van der Waals surface area (Å²) in [5, 5.41) is 4.24. The van der Waals surface area contributed by atoms with E-state index >= 15 is 0 Å². The molecular formula is C12H16ClN. The lowest BCUT2D eigenvalue weighted by Gasteiger charge is -2.35. The van der Waals surface area contributed by atoms with Gasteiger partial charge in [0.05, 0.1) is 10.7 Å². The third-order valence-electron chi connectivity index (χ3n) is 3.09. The number of benzene rings is 1. The van der Waals surface area contributed by atoms with Crippen LogP contribution in [0.1, 0.15) is 31.4 Å². The topological polar surface area (TPSA) is 12.0 Å². The molecule has 0 unspecified atom stereocenters. The van der Waals surface area contributed by atoms with Crippen molar-refractivity contribution in [3.05, 3.63) is 28.3 Å². The molecule has 0 fully saturated rings. The molecule has 0 aliphatic carbocycles. The van der Waals surface area contributed by atoms with Crippen LogP contribution in [0.25, 0.3) is 0 Å². The summed E-state index contributed by atoms with van der Waals surface area (Å²) in [5.74, 6) is 0. The summed E-state index contributed by atoms with van der Waals surface area (Å²) in [6.45, 7) is 7.75. The fourth-order valence-electron chi connectivity index (χ4n) is 2.35. The van der Waals surface area contributed by atoms with Gasteiger partial charge in [0.25, 0.3) is 0 Å². The molecule has 0 spiro atoms. The SMILES string of the molecule is Cc1ccc(Cl)c2c1C(C)(C)CCN2. The van der Waals surface area contributed by atoms with Crippen LogP contribution in [0, 0.1) is 6.92 Å². The molecule has 0 bridgehead atoms. The Balaban J connectivity index is 2.67. The zero-order chi connectivity index (χ0) is 10.3. The standard InChI is InChI=1S/C12H16ClN/c1-8-4-5-9(13)11-10(8)12(2,3)6-7-14-11/h4-5,14H,6-7H2,1-3H3. The normalized spacial score (nSPS) is 18.6. The maximum absolute atomic E-state index is 6.18. The number of aryl methyl sites for hydroxylation is 1. The van der Waals surface area contributed by atoms with Crippen LogP contribution in [0.4, 0.5) is 5.69 Å². The lowest BCUT2D eigenvalue weighted by atomic mass is 9.76. The molecule has 0 saturated heterocycles. The van der Waals surface area contributed by atoms with Crippen LogP contribution in [0.15, 0.2) is 12.1 Å². The van der Waals surface area contributed by atoms with Gasteiger partial charge < -0.3 is 5.32 Å². The molecule has 1 N–H and O–H groups in total. The highest BCUT2D eigenvalue weighted by Gasteiger charge is 2.29. The van der Waals surface area contributed by atoms with Gasteiger partial charge >= 0.3 is 0 Å². The van der Waals surface area contributed by atoms with E-state index in [9.17, 15) is 0 Å². The van der Waals surface area contributed by atoms with E-state index in [0.717, 1.165) is 17.3 Å². The lowest BCUT2D eigenvalue weighted by molar-refractivity contribution is 0.479. The van der Waals surface area contributed by atoms with Crippen molar-refractivity contribution in [2.75, 3.05) is 11.9 Å². The second-order valence-electron chi connectivity index (χ2n) is 4.67. The molecule has 1 aliphatic rings. The average molecular weight is 210 g/mol. The molecule has 1 aromatic carbocycles. The van der Waals surface area contributed by atoms with Gasteiger partial charge in [0.15, 0.2) is 0 Å². The number of fused-ring (bicyclic) bond motifs is 1. The van der Waals surface area contributed by atoms with E-state index < -0.39 is 0 Å². The third-order valence-corrected chi connectivity index (χ3v) is 3.41. The van der Waals surface area contributed by atoms with Gasteiger partial charge in [-0.1, -0.05) is 31.5 Å². The molecule has 0 amide bonds. The summed E-state index contributed by atoms with van der Waals surface area (Å²) in [6.07, 6.45) is 1.17. The van der Waals surface area contributed by atoms with Crippen molar-refractivity contribution in [1.82, 2.24) is 0 Å². The first-order valence-corrected chi connectivity index (χ1v) is 5.43. The maximum Gasteiger partial charge on any atom is 0.0640 e. The Hall–Kier alpha value is -0.690. The van der Waals surface area contributed by atoms with E-state index in [1.807, 2.05) is 6.07 Å². The van der Waals surface area contributed by atoms with E-state index in [1.54, 1.807) is 0 Å². The summed E-state index contributed by atoms with van der Waals surface area (Å²) in [6, 6.07) is 4.08. The third kappa shape index (κ3) is 1.40. The highest BCUT2D eigenvalue weighted by atomic mass is 35.5.